The summed E-state index contributed by atoms with van der Waals surface area (Å²) in [6.45, 7) is 9.36. The molecule has 0 unspecified atom stereocenters. The second-order valence-corrected chi connectivity index (χ2v) is 8.91. The third-order valence-corrected chi connectivity index (χ3v) is 6.09. The number of nitriles is 1. The highest BCUT2D eigenvalue weighted by Gasteiger charge is 2.45. The summed E-state index contributed by atoms with van der Waals surface area (Å²) < 4.78 is 13.2. The van der Waals surface area contributed by atoms with Gasteiger partial charge in [0.1, 0.15) is 0 Å². The van der Waals surface area contributed by atoms with Crippen molar-refractivity contribution in [3.8, 4) is 17.6 Å². The van der Waals surface area contributed by atoms with E-state index in [1.54, 1.807) is 18.5 Å². The van der Waals surface area contributed by atoms with Crippen molar-refractivity contribution in [2.24, 2.45) is 0 Å². The number of carbonyl (C=O) groups is 1. The number of aryl methyl sites for hydroxylation is 1. The molecule has 4 rings (SSSR count). The second kappa shape index (κ2) is 11.0. The monoisotopic (exact) mass is 491 g/mol. The van der Waals surface area contributed by atoms with Crippen molar-refractivity contribution in [3.63, 3.8) is 0 Å². The molecule has 6 heteroatoms. The molecule has 0 fully saturated rings. The summed E-state index contributed by atoms with van der Waals surface area (Å²) in [5.74, 6) is -0.156. The standard InChI is InChI=1S/C31H29N3O3/c1-22(2)37-28(35)21-36-30-29(24(4)33-34(30)27-18-12-7-13-19-27)31(23(3)20-32,25-14-8-5-9-15-25)26-16-10-6-11-17-26/h5-19,22H,3,21H2,1-2,4H3. The van der Waals surface area contributed by atoms with Gasteiger partial charge in [-0.05, 0) is 44.0 Å². The molecule has 0 saturated heterocycles. The number of benzene rings is 3. The Labute approximate surface area is 217 Å². The van der Waals surface area contributed by atoms with E-state index < -0.39 is 11.4 Å². The van der Waals surface area contributed by atoms with E-state index in [-0.39, 0.29) is 12.7 Å². The normalized spacial score (nSPS) is 11.1. The molecule has 0 bridgehead atoms. The van der Waals surface area contributed by atoms with E-state index >= 15 is 0 Å². The molecule has 0 spiro atoms. The van der Waals surface area contributed by atoms with Gasteiger partial charge in [-0.3, -0.25) is 0 Å². The number of carbonyl (C=O) groups excluding carboxylic acids is 1. The predicted octanol–water partition coefficient (Wildman–Crippen LogP) is 5.93. The molecule has 37 heavy (non-hydrogen) atoms. The first kappa shape index (κ1) is 25.5. The molecule has 6 nitrogen and oxygen atoms in total. The Bertz CT molecular complexity index is 1380. The molecule has 0 aliphatic heterocycles. The number of hydrogen-bond acceptors (Lipinski definition) is 5. The van der Waals surface area contributed by atoms with Crippen LogP contribution in [0.1, 0.15) is 36.2 Å². The summed E-state index contributed by atoms with van der Waals surface area (Å²) in [4.78, 5) is 12.5. The highest BCUT2D eigenvalue weighted by atomic mass is 16.6. The van der Waals surface area contributed by atoms with Crippen LogP contribution in [0.3, 0.4) is 0 Å². The minimum atomic E-state index is -1.12. The van der Waals surface area contributed by atoms with Crippen LogP contribution in [-0.2, 0) is 14.9 Å². The number of para-hydroxylation sites is 1. The minimum Gasteiger partial charge on any atom is -0.465 e. The number of rotatable bonds is 9. The van der Waals surface area contributed by atoms with Crippen molar-refractivity contribution in [3.05, 3.63) is 126 Å². The second-order valence-electron chi connectivity index (χ2n) is 8.91. The third kappa shape index (κ3) is 4.89. The Morgan fingerprint density at radius 3 is 1.97 bits per heavy atom. The fourth-order valence-corrected chi connectivity index (χ4v) is 4.65. The topological polar surface area (TPSA) is 77.1 Å². The van der Waals surface area contributed by atoms with Gasteiger partial charge in [0.2, 0.25) is 5.88 Å². The third-order valence-electron chi connectivity index (χ3n) is 6.09. The van der Waals surface area contributed by atoms with E-state index in [4.69, 9.17) is 14.6 Å². The summed E-state index contributed by atoms with van der Waals surface area (Å²) >= 11 is 0. The van der Waals surface area contributed by atoms with Crippen LogP contribution in [0.15, 0.2) is 103 Å². The Morgan fingerprint density at radius 2 is 1.49 bits per heavy atom. The lowest BCUT2D eigenvalue weighted by atomic mass is 9.65. The van der Waals surface area contributed by atoms with E-state index in [0.717, 1.165) is 16.8 Å². The molecule has 0 N–H and O–H groups in total. The largest absolute Gasteiger partial charge is 0.465 e. The van der Waals surface area contributed by atoms with Crippen molar-refractivity contribution < 1.29 is 14.3 Å². The SMILES string of the molecule is C=C(C#N)C(c1ccccc1)(c1ccccc1)c1c(C)nn(-c2ccccc2)c1OCC(=O)OC(C)C. The fourth-order valence-electron chi connectivity index (χ4n) is 4.65. The Balaban J connectivity index is 2.06. The van der Waals surface area contributed by atoms with Crippen LogP contribution in [-0.4, -0.2) is 28.5 Å². The maximum atomic E-state index is 12.5. The van der Waals surface area contributed by atoms with E-state index in [1.165, 1.54) is 0 Å². The van der Waals surface area contributed by atoms with Crippen LogP contribution in [0.4, 0.5) is 0 Å². The Morgan fingerprint density at radius 1 is 0.973 bits per heavy atom. The molecule has 3 aromatic carbocycles. The molecular formula is C31H29N3O3. The molecule has 4 aromatic rings. The van der Waals surface area contributed by atoms with Crippen LogP contribution in [0.25, 0.3) is 5.69 Å². The highest BCUT2D eigenvalue weighted by molar-refractivity contribution is 5.72. The van der Waals surface area contributed by atoms with Crippen molar-refractivity contribution in [1.82, 2.24) is 9.78 Å². The molecule has 0 saturated carbocycles. The lowest BCUT2D eigenvalue weighted by molar-refractivity contribution is -0.149. The van der Waals surface area contributed by atoms with Gasteiger partial charge >= 0.3 is 5.97 Å². The number of aromatic nitrogens is 2. The van der Waals surface area contributed by atoms with Gasteiger partial charge in [-0.2, -0.15) is 10.4 Å². The van der Waals surface area contributed by atoms with Gasteiger partial charge in [-0.1, -0.05) is 85.4 Å². The van der Waals surface area contributed by atoms with Gasteiger partial charge in [0.15, 0.2) is 6.61 Å². The number of nitrogens with zero attached hydrogens (tertiary/aromatic N) is 3. The lowest BCUT2D eigenvalue weighted by Crippen LogP contribution is -2.32. The van der Waals surface area contributed by atoms with Gasteiger partial charge in [-0.25, -0.2) is 9.48 Å². The molecule has 0 atom stereocenters. The number of hydrogen-bond donors (Lipinski definition) is 0. The fraction of sp³-hybridized carbons (Fsp3) is 0.194. The van der Waals surface area contributed by atoms with E-state index in [9.17, 15) is 10.1 Å². The van der Waals surface area contributed by atoms with Gasteiger partial charge in [-0.15, -0.1) is 0 Å². The zero-order valence-electron chi connectivity index (χ0n) is 21.2. The van der Waals surface area contributed by atoms with E-state index in [1.807, 2.05) is 97.9 Å². The van der Waals surface area contributed by atoms with Crippen LogP contribution >= 0.6 is 0 Å². The number of esters is 1. The smallest absolute Gasteiger partial charge is 0.344 e. The van der Waals surface area contributed by atoms with Crippen molar-refractivity contribution >= 4 is 5.97 Å². The van der Waals surface area contributed by atoms with E-state index in [2.05, 4.69) is 12.6 Å². The molecular weight excluding hydrogens is 462 g/mol. The molecule has 0 aliphatic carbocycles. The first-order valence-corrected chi connectivity index (χ1v) is 12.1. The van der Waals surface area contributed by atoms with Crippen LogP contribution in [0.5, 0.6) is 5.88 Å². The Kier molecular flexibility index (Phi) is 7.55. The van der Waals surface area contributed by atoms with E-state index in [0.29, 0.717) is 22.7 Å². The zero-order valence-corrected chi connectivity index (χ0v) is 21.2. The summed E-state index contributed by atoms with van der Waals surface area (Å²) in [5.41, 5.74) is 2.87. The minimum absolute atomic E-state index is 0.276. The number of ether oxygens (including phenoxy) is 2. The summed E-state index contributed by atoms with van der Waals surface area (Å²) in [5, 5.41) is 15.1. The van der Waals surface area contributed by atoms with Crippen LogP contribution < -0.4 is 4.74 Å². The zero-order chi connectivity index (χ0) is 26.4. The molecule has 186 valence electrons. The van der Waals surface area contributed by atoms with Gasteiger partial charge in [0, 0.05) is 5.57 Å². The van der Waals surface area contributed by atoms with Gasteiger partial charge in [0.05, 0.1) is 34.5 Å². The van der Waals surface area contributed by atoms with Gasteiger partial charge < -0.3 is 9.47 Å². The molecule has 1 heterocycles. The first-order chi connectivity index (χ1) is 17.9. The molecule has 0 amide bonds. The van der Waals surface area contributed by atoms with Crippen molar-refractivity contribution in [2.75, 3.05) is 6.61 Å². The molecule has 0 aliphatic rings. The average molecular weight is 492 g/mol. The number of allylic oxidation sites excluding steroid dienone is 1. The summed E-state index contributed by atoms with van der Waals surface area (Å²) in [6.07, 6.45) is -0.276. The highest BCUT2D eigenvalue weighted by Crippen LogP contribution is 2.49. The first-order valence-electron chi connectivity index (χ1n) is 12.1. The quantitative estimate of drug-likeness (QED) is 0.214. The lowest BCUT2D eigenvalue weighted by Gasteiger charge is -2.35. The average Bonchev–Trinajstić information content (AvgIpc) is 3.25. The van der Waals surface area contributed by atoms with Crippen molar-refractivity contribution in [1.29, 1.82) is 5.26 Å². The predicted molar refractivity (Wildman–Crippen MR) is 143 cm³/mol. The molecule has 0 radical (unpaired) electrons. The summed E-state index contributed by atoms with van der Waals surface area (Å²) in [7, 11) is 0. The van der Waals surface area contributed by atoms with Crippen LogP contribution in [0.2, 0.25) is 0 Å². The van der Waals surface area contributed by atoms with Crippen molar-refractivity contribution in [2.45, 2.75) is 32.3 Å². The van der Waals surface area contributed by atoms with Crippen LogP contribution in [0, 0.1) is 18.3 Å². The summed E-state index contributed by atoms with van der Waals surface area (Å²) in [6, 6.07) is 31.2. The van der Waals surface area contributed by atoms with Gasteiger partial charge in [0.25, 0.3) is 0 Å². The molecule has 1 aromatic heterocycles. The maximum Gasteiger partial charge on any atom is 0.344 e. The Hall–Kier alpha value is -4.63. The maximum absolute atomic E-state index is 12.5.